The number of methoxy groups -OCH3 is 1. The first kappa shape index (κ1) is 21.5. The van der Waals surface area contributed by atoms with Gasteiger partial charge in [0, 0.05) is 0 Å². The van der Waals surface area contributed by atoms with Gasteiger partial charge >= 0.3 is 6.16 Å². The van der Waals surface area contributed by atoms with E-state index in [1.54, 1.807) is 19.1 Å². The van der Waals surface area contributed by atoms with E-state index in [0.29, 0.717) is 5.56 Å². The number of nitrogens with one attached hydrogen (secondary N) is 1. The molecule has 2 rings (SSSR count). The monoisotopic (exact) mass is 394 g/mol. The van der Waals surface area contributed by atoms with Gasteiger partial charge in [-0.3, -0.25) is 4.79 Å². The summed E-state index contributed by atoms with van der Waals surface area (Å²) in [5.41, 5.74) is 1.41. The van der Waals surface area contributed by atoms with Crippen LogP contribution in [-0.2, 0) is 9.53 Å². The van der Waals surface area contributed by atoms with Gasteiger partial charge in [-0.05, 0) is 43.2 Å². The van der Waals surface area contributed by atoms with Gasteiger partial charge in [0.1, 0.15) is 11.6 Å². The second kappa shape index (κ2) is 10.5. The summed E-state index contributed by atoms with van der Waals surface area (Å²) in [5.74, 6) is -0.0550. The zero-order valence-corrected chi connectivity index (χ0v) is 16.5. The second-order valence-electron chi connectivity index (χ2n) is 5.97. The van der Waals surface area contributed by atoms with Crippen molar-refractivity contribution in [3.8, 4) is 17.6 Å². The summed E-state index contributed by atoms with van der Waals surface area (Å²) in [6.45, 7) is 3.69. The molecule has 0 aromatic heterocycles. The van der Waals surface area contributed by atoms with Gasteiger partial charge in [0.2, 0.25) is 0 Å². The van der Waals surface area contributed by atoms with Gasteiger partial charge in [-0.2, -0.15) is 5.26 Å². The lowest BCUT2D eigenvalue weighted by Gasteiger charge is -2.14. The van der Waals surface area contributed by atoms with Crippen molar-refractivity contribution in [2.75, 3.05) is 13.7 Å². The zero-order valence-electron chi connectivity index (χ0n) is 16.5. The summed E-state index contributed by atoms with van der Waals surface area (Å²) in [6, 6.07) is 15.8. The van der Waals surface area contributed by atoms with Crippen LogP contribution in [0.15, 0.2) is 54.1 Å². The van der Waals surface area contributed by atoms with Crippen LogP contribution < -0.4 is 14.8 Å². The smallest absolute Gasteiger partial charge is 0.493 e. The Labute approximate surface area is 169 Å². The summed E-state index contributed by atoms with van der Waals surface area (Å²) < 4.78 is 15.0. The van der Waals surface area contributed by atoms with E-state index < -0.39 is 12.1 Å². The number of carbonyl (C=O) groups excluding carboxylic acids is 2. The highest BCUT2D eigenvalue weighted by Crippen LogP contribution is 2.29. The van der Waals surface area contributed by atoms with Gasteiger partial charge in [0.15, 0.2) is 11.5 Å². The average molecular weight is 394 g/mol. The Kier molecular flexibility index (Phi) is 7.80. The Morgan fingerprint density at radius 3 is 2.52 bits per heavy atom. The molecule has 0 saturated heterocycles. The van der Waals surface area contributed by atoms with E-state index in [9.17, 15) is 14.9 Å². The van der Waals surface area contributed by atoms with Crippen LogP contribution >= 0.6 is 0 Å². The number of nitrogens with zero attached hydrogens (tertiary/aromatic N) is 1. The van der Waals surface area contributed by atoms with E-state index >= 15 is 0 Å². The van der Waals surface area contributed by atoms with Crippen LogP contribution in [0, 0.1) is 11.3 Å². The molecule has 0 bridgehead atoms. The second-order valence-corrected chi connectivity index (χ2v) is 5.97. The first-order valence-electron chi connectivity index (χ1n) is 8.98. The normalized spacial score (nSPS) is 11.7. The summed E-state index contributed by atoms with van der Waals surface area (Å²) in [4.78, 5) is 24.0. The topological polar surface area (TPSA) is 97.7 Å². The third-order valence-corrected chi connectivity index (χ3v) is 3.97. The number of carbonyl (C=O) groups is 2. The number of benzene rings is 2. The van der Waals surface area contributed by atoms with Gasteiger partial charge in [-0.15, -0.1) is 0 Å². The van der Waals surface area contributed by atoms with Gasteiger partial charge < -0.3 is 19.5 Å². The quantitative estimate of drug-likeness (QED) is 0.330. The molecule has 0 radical (unpaired) electrons. The number of hydrogen-bond donors (Lipinski definition) is 1. The maximum atomic E-state index is 12.5. The van der Waals surface area contributed by atoms with Crippen LogP contribution in [0.5, 0.6) is 11.5 Å². The van der Waals surface area contributed by atoms with Crippen LogP contribution in [0.3, 0.4) is 0 Å². The van der Waals surface area contributed by atoms with Crippen LogP contribution in [0.2, 0.25) is 0 Å². The minimum atomic E-state index is -0.846. The number of ether oxygens (including phenoxy) is 3. The van der Waals surface area contributed by atoms with Gasteiger partial charge in [0.25, 0.3) is 5.91 Å². The first-order valence-corrected chi connectivity index (χ1v) is 8.98. The molecule has 1 N–H and O–H groups in total. The Balaban J connectivity index is 2.18. The molecule has 2 aromatic carbocycles. The first-order chi connectivity index (χ1) is 14.0. The van der Waals surface area contributed by atoms with E-state index in [4.69, 9.17) is 14.2 Å². The predicted molar refractivity (Wildman–Crippen MR) is 107 cm³/mol. The molecule has 7 heteroatoms. The van der Waals surface area contributed by atoms with Crippen molar-refractivity contribution in [1.29, 1.82) is 5.26 Å². The number of hydrogen-bond acceptors (Lipinski definition) is 6. The van der Waals surface area contributed by atoms with Crippen molar-refractivity contribution in [3.63, 3.8) is 0 Å². The minimum absolute atomic E-state index is 0.0612. The Morgan fingerprint density at radius 2 is 1.90 bits per heavy atom. The highest BCUT2D eigenvalue weighted by Gasteiger charge is 2.15. The van der Waals surface area contributed by atoms with Gasteiger partial charge in [-0.25, -0.2) is 4.79 Å². The third kappa shape index (κ3) is 6.11. The molecule has 7 nitrogen and oxygen atoms in total. The molecule has 0 aliphatic rings. The van der Waals surface area contributed by atoms with Crippen molar-refractivity contribution in [2.45, 2.75) is 19.9 Å². The molecule has 0 heterocycles. The lowest BCUT2D eigenvalue weighted by atomic mass is 10.1. The number of rotatable bonds is 7. The average Bonchev–Trinajstić information content (AvgIpc) is 2.73. The van der Waals surface area contributed by atoms with E-state index in [0.717, 1.165) is 5.56 Å². The largest absolute Gasteiger partial charge is 0.513 e. The van der Waals surface area contributed by atoms with Crippen molar-refractivity contribution in [1.82, 2.24) is 5.32 Å². The highest BCUT2D eigenvalue weighted by atomic mass is 16.7. The van der Waals surface area contributed by atoms with E-state index in [2.05, 4.69) is 5.32 Å². The molecular formula is C22H22N2O5. The molecule has 0 saturated carbocycles. The summed E-state index contributed by atoms with van der Waals surface area (Å²) in [6.07, 6.45) is 0.588. The van der Waals surface area contributed by atoms with Crippen molar-refractivity contribution < 1.29 is 23.8 Å². The SMILES string of the molecule is CCOC(=O)Oc1ccc(/C=C(\C#N)C(=O)N[C@H](C)c2ccccc2)cc1OC. The number of amides is 1. The molecule has 2 aromatic rings. The lowest BCUT2D eigenvalue weighted by molar-refractivity contribution is -0.117. The Morgan fingerprint density at radius 1 is 1.17 bits per heavy atom. The minimum Gasteiger partial charge on any atom is -0.493 e. The van der Waals surface area contributed by atoms with Crippen molar-refractivity contribution in [2.24, 2.45) is 0 Å². The molecule has 0 aliphatic heterocycles. The standard InChI is InChI=1S/C22H22N2O5/c1-4-28-22(26)29-19-11-10-16(13-20(19)27-3)12-18(14-23)21(25)24-15(2)17-8-6-5-7-9-17/h5-13,15H,4H2,1-3H3,(H,24,25)/b18-12+/t15-/m1/s1. The van der Waals surface area contributed by atoms with Crippen LogP contribution in [-0.4, -0.2) is 25.8 Å². The molecule has 150 valence electrons. The maximum absolute atomic E-state index is 12.5. The molecule has 1 amide bonds. The lowest BCUT2D eigenvalue weighted by Crippen LogP contribution is -2.27. The molecule has 0 spiro atoms. The summed E-state index contributed by atoms with van der Waals surface area (Å²) in [5, 5.41) is 12.2. The fourth-order valence-corrected chi connectivity index (χ4v) is 2.51. The molecule has 0 unspecified atom stereocenters. The molecule has 1 atom stereocenters. The van der Waals surface area contributed by atoms with Crippen molar-refractivity contribution in [3.05, 3.63) is 65.2 Å². The van der Waals surface area contributed by atoms with Gasteiger partial charge in [0.05, 0.1) is 19.8 Å². The molecule has 0 aliphatic carbocycles. The summed E-state index contributed by atoms with van der Waals surface area (Å²) >= 11 is 0. The third-order valence-electron chi connectivity index (χ3n) is 3.97. The van der Waals surface area contributed by atoms with Crippen LogP contribution in [0.4, 0.5) is 4.79 Å². The number of nitriles is 1. The molecule has 29 heavy (non-hydrogen) atoms. The highest BCUT2D eigenvalue weighted by molar-refractivity contribution is 6.01. The predicted octanol–water partition coefficient (Wildman–Crippen LogP) is 4.01. The van der Waals surface area contributed by atoms with E-state index in [-0.39, 0.29) is 29.7 Å². The van der Waals surface area contributed by atoms with Crippen LogP contribution in [0.1, 0.15) is 31.0 Å². The Bertz CT molecular complexity index is 932. The van der Waals surface area contributed by atoms with Crippen molar-refractivity contribution >= 4 is 18.1 Å². The molecule has 0 fully saturated rings. The fraction of sp³-hybridized carbons (Fsp3) is 0.227. The zero-order chi connectivity index (χ0) is 21.2. The van der Waals surface area contributed by atoms with E-state index in [1.165, 1.54) is 19.3 Å². The molecular weight excluding hydrogens is 372 g/mol. The van der Waals surface area contributed by atoms with E-state index in [1.807, 2.05) is 43.3 Å². The van der Waals surface area contributed by atoms with Crippen LogP contribution in [0.25, 0.3) is 6.08 Å². The fourth-order valence-electron chi connectivity index (χ4n) is 2.51. The Hall–Kier alpha value is -3.79. The van der Waals surface area contributed by atoms with Gasteiger partial charge in [-0.1, -0.05) is 36.4 Å². The summed E-state index contributed by atoms with van der Waals surface area (Å²) in [7, 11) is 1.42. The maximum Gasteiger partial charge on any atom is 0.513 e.